The second-order valence-electron chi connectivity index (χ2n) is 5.59. The van der Waals surface area contributed by atoms with E-state index < -0.39 is 0 Å². The lowest BCUT2D eigenvalue weighted by Gasteiger charge is -2.31. The fourth-order valence-corrected chi connectivity index (χ4v) is 2.98. The molecule has 1 heterocycles. The van der Waals surface area contributed by atoms with Crippen molar-refractivity contribution in [2.24, 2.45) is 5.84 Å². The van der Waals surface area contributed by atoms with Gasteiger partial charge in [0.1, 0.15) is 11.4 Å². The molecule has 1 aliphatic rings. The van der Waals surface area contributed by atoms with Crippen LogP contribution in [0.4, 0.5) is 5.82 Å². The number of aryl methyl sites for hydroxylation is 1. The molecule has 2 rings (SSSR count). The molecule has 0 spiro atoms. The van der Waals surface area contributed by atoms with Crippen molar-refractivity contribution in [3.63, 3.8) is 0 Å². The van der Waals surface area contributed by atoms with Crippen molar-refractivity contribution in [3.05, 3.63) is 17.1 Å². The first kappa shape index (κ1) is 15.2. The van der Waals surface area contributed by atoms with Gasteiger partial charge < -0.3 is 10.2 Å². The monoisotopic (exact) mass is 278 g/mol. The Kier molecular flexibility index (Phi) is 4.94. The van der Waals surface area contributed by atoms with Crippen LogP contribution in [0.15, 0.2) is 0 Å². The molecule has 3 N–H and O–H groups in total. The van der Waals surface area contributed by atoms with Crippen molar-refractivity contribution in [1.29, 1.82) is 0 Å². The predicted octanol–water partition coefficient (Wildman–Crippen LogP) is 2.97. The Morgan fingerprint density at radius 3 is 2.35 bits per heavy atom. The fraction of sp³-hybridized carbons (Fsp3) is 0.733. The summed E-state index contributed by atoms with van der Waals surface area (Å²) in [6, 6.07) is 0. The lowest BCUT2D eigenvalue weighted by molar-refractivity contribution is -0.0624. The average molecular weight is 278 g/mol. The number of nitrogen functional groups attached to an aromatic ring is 1. The minimum absolute atomic E-state index is 0.338. The van der Waals surface area contributed by atoms with Crippen LogP contribution in [0.5, 0.6) is 0 Å². The fourth-order valence-electron chi connectivity index (χ4n) is 2.98. The number of nitrogens with two attached hydrogens (primary N) is 1. The number of hydrazine groups is 1. The lowest BCUT2D eigenvalue weighted by atomic mass is 9.92. The zero-order valence-corrected chi connectivity index (χ0v) is 12.8. The van der Waals surface area contributed by atoms with Crippen LogP contribution in [0.2, 0.25) is 0 Å². The summed E-state index contributed by atoms with van der Waals surface area (Å²) in [5.41, 5.74) is 4.31. The van der Waals surface area contributed by atoms with E-state index in [9.17, 15) is 0 Å². The van der Waals surface area contributed by atoms with Crippen molar-refractivity contribution in [2.75, 3.05) is 12.0 Å². The molecule has 5 nitrogen and oxygen atoms in total. The van der Waals surface area contributed by atoms with Gasteiger partial charge in [-0.1, -0.05) is 25.7 Å². The lowest BCUT2D eigenvalue weighted by Crippen LogP contribution is -2.33. The van der Waals surface area contributed by atoms with Gasteiger partial charge in [0.15, 0.2) is 5.82 Å². The standard InChI is InChI=1S/C15H26N4O/c1-4-20-15(9-7-5-6-8-10-15)14-17-12(3)11(2)13(18-14)19-16/h4-10,16H2,1-3H3,(H,17,18,19). The van der Waals surface area contributed by atoms with Crippen molar-refractivity contribution < 1.29 is 4.74 Å². The highest BCUT2D eigenvalue weighted by molar-refractivity contribution is 5.44. The first-order chi connectivity index (χ1) is 9.63. The Bertz CT molecular complexity index is 453. The number of nitrogens with zero attached hydrogens (tertiary/aromatic N) is 2. The molecule has 0 amide bonds. The molecule has 1 aromatic heterocycles. The summed E-state index contributed by atoms with van der Waals surface area (Å²) in [5.74, 6) is 7.08. The Hall–Kier alpha value is -1.20. The molecular formula is C15H26N4O. The minimum atomic E-state index is -0.338. The summed E-state index contributed by atoms with van der Waals surface area (Å²) in [4.78, 5) is 9.34. The molecular weight excluding hydrogens is 252 g/mol. The number of anilines is 1. The molecule has 0 aromatic carbocycles. The molecule has 0 unspecified atom stereocenters. The van der Waals surface area contributed by atoms with Gasteiger partial charge in [-0.15, -0.1) is 0 Å². The van der Waals surface area contributed by atoms with E-state index in [1.165, 1.54) is 25.7 Å². The van der Waals surface area contributed by atoms with Gasteiger partial charge in [0, 0.05) is 17.9 Å². The predicted molar refractivity (Wildman–Crippen MR) is 80.3 cm³/mol. The normalized spacial score (nSPS) is 18.6. The summed E-state index contributed by atoms with van der Waals surface area (Å²) in [5, 5.41) is 0. The topological polar surface area (TPSA) is 73.1 Å². The maximum absolute atomic E-state index is 6.14. The minimum Gasteiger partial charge on any atom is -0.367 e. The molecule has 112 valence electrons. The summed E-state index contributed by atoms with van der Waals surface area (Å²) >= 11 is 0. The zero-order valence-electron chi connectivity index (χ0n) is 12.8. The van der Waals surface area contributed by atoms with Gasteiger partial charge in [0.25, 0.3) is 0 Å². The molecule has 0 bridgehead atoms. The summed E-state index contributed by atoms with van der Waals surface area (Å²) in [6.07, 6.45) is 6.85. The van der Waals surface area contributed by atoms with Crippen molar-refractivity contribution >= 4 is 5.82 Å². The third-order valence-corrected chi connectivity index (χ3v) is 4.27. The number of hydrogen-bond acceptors (Lipinski definition) is 5. The van der Waals surface area contributed by atoms with Crippen LogP contribution in [-0.4, -0.2) is 16.6 Å². The number of aromatic nitrogens is 2. The number of ether oxygens (including phenoxy) is 1. The van der Waals surface area contributed by atoms with Gasteiger partial charge in [0.05, 0.1) is 0 Å². The molecule has 1 aromatic rings. The highest BCUT2D eigenvalue weighted by Gasteiger charge is 2.37. The van der Waals surface area contributed by atoms with E-state index in [2.05, 4.69) is 10.4 Å². The van der Waals surface area contributed by atoms with E-state index in [1.54, 1.807) is 0 Å². The van der Waals surface area contributed by atoms with Gasteiger partial charge >= 0.3 is 0 Å². The number of nitrogens with one attached hydrogen (secondary N) is 1. The Morgan fingerprint density at radius 2 is 1.80 bits per heavy atom. The first-order valence-corrected chi connectivity index (χ1v) is 7.59. The van der Waals surface area contributed by atoms with Gasteiger partial charge in [-0.3, -0.25) is 0 Å². The van der Waals surface area contributed by atoms with Gasteiger partial charge in [-0.25, -0.2) is 15.8 Å². The summed E-state index contributed by atoms with van der Waals surface area (Å²) in [6.45, 7) is 6.70. The third-order valence-electron chi connectivity index (χ3n) is 4.27. The average Bonchev–Trinajstić information content (AvgIpc) is 2.68. The zero-order chi connectivity index (χ0) is 14.6. The molecule has 1 fully saturated rings. The van der Waals surface area contributed by atoms with E-state index in [-0.39, 0.29) is 5.60 Å². The van der Waals surface area contributed by atoms with Gasteiger partial charge in [0.2, 0.25) is 0 Å². The summed E-state index contributed by atoms with van der Waals surface area (Å²) < 4.78 is 6.14. The van der Waals surface area contributed by atoms with Crippen LogP contribution < -0.4 is 11.3 Å². The third kappa shape index (κ3) is 2.94. The molecule has 0 aliphatic heterocycles. The Balaban J connectivity index is 2.45. The summed E-state index contributed by atoms with van der Waals surface area (Å²) in [7, 11) is 0. The molecule has 5 heteroatoms. The van der Waals surface area contributed by atoms with Gasteiger partial charge in [-0.2, -0.15) is 0 Å². The second-order valence-corrected chi connectivity index (χ2v) is 5.59. The van der Waals surface area contributed by atoms with E-state index in [0.29, 0.717) is 12.4 Å². The first-order valence-electron chi connectivity index (χ1n) is 7.59. The van der Waals surface area contributed by atoms with Gasteiger partial charge in [-0.05, 0) is 33.6 Å². The number of hydrogen-bond donors (Lipinski definition) is 2. The van der Waals surface area contributed by atoms with Crippen LogP contribution in [0.25, 0.3) is 0 Å². The number of rotatable bonds is 4. The largest absolute Gasteiger partial charge is 0.367 e. The quantitative estimate of drug-likeness (QED) is 0.503. The van der Waals surface area contributed by atoms with E-state index in [1.807, 2.05) is 20.8 Å². The van der Waals surface area contributed by atoms with Crippen LogP contribution in [0.1, 0.15) is 62.5 Å². The highest BCUT2D eigenvalue weighted by Crippen LogP contribution is 2.38. The molecule has 0 radical (unpaired) electrons. The highest BCUT2D eigenvalue weighted by atomic mass is 16.5. The van der Waals surface area contributed by atoms with Crippen LogP contribution in [-0.2, 0) is 10.3 Å². The van der Waals surface area contributed by atoms with Crippen LogP contribution >= 0.6 is 0 Å². The smallest absolute Gasteiger partial charge is 0.162 e. The van der Waals surface area contributed by atoms with Crippen molar-refractivity contribution in [1.82, 2.24) is 9.97 Å². The van der Waals surface area contributed by atoms with Crippen molar-refractivity contribution in [2.45, 2.75) is 64.9 Å². The SMILES string of the molecule is CCOC1(c2nc(C)c(C)c(NN)n2)CCCCCC1. The van der Waals surface area contributed by atoms with Crippen molar-refractivity contribution in [3.8, 4) is 0 Å². The van der Waals surface area contributed by atoms with E-state index in [0.717, 1.165) is 29.9 Å². The Labute approximate surface area is 121 Å². The molecule has 0 atom stereocenters. The maximum atomic E-state index is 6.14. The van der Waals surface area contributed by atoms with E-state index in [4.69, 9.17) is 15.6 Å². The Morgan fingerprint density at radius 1 is 1.15 bits per heavy atom. The molecule has 20 heavy (non-hydrogen) atoms. The van der Waals surface area contributed by atoms with Crippen LogP contribution in [0, 0.1) is 13.8 Å². The molecule has 1 aliphatic carbocycles. The van der Waals surface area contributed by atoms with Crippen LogP contribution in [0.3, 0.4) is 0 Å². The maximum Gasteiger partial charge on any atom is 0.162 e. The molecule has 0 saturated heterocycles. The van der Waals surface area contributed by atoms with E-state index >= 15 is 0 Å². The second kappa shape index (κ2) is 6.50. The molecule has 1 saturated carbocycles.